The Hall–Kier alpha value is -1.89. The van der Waals surface area contributed by atoms with E-state index in [9.17, 15) is 13.2 Å². The van der Waals surface area contributed by atoms with E-state index in [-0.39, 0.29) is 17.9 Å². The van der Waals surface area contributed by atoms with Crippen LogP contribution in [0.1, 0.15) is 55.3 Å². The summed E-state index contributed by atoms with van der Waals surface area (Å²) in [4.78, 5) is 13.2. The van der Waals surface area contributed by atoms with E-state index in [1.54, 1.807) is 6.07 Å². The van der Waals surface area contributed by atoms with Gasteiger partial charge in [0.25, 0.3) is 0 Å². The van der Waals surface area contributed by atoms with E-state index in [1.165, 1.54) is 9.87 Å². The minimum atomic E-state index is -3.52. The van der Waals surface area contributed by atoms with Crippen molar-refractivity contribution in [1.29, 1.82) is 0 Å². The van der Waals surface area contributed by atoms with Crippen molar-refractivity contribution in [3.63, 3.8) is 0 Å². The van der Waals surface area contributed by atoms with E-state index in [0.717, 1.165) is 36.8 Å². The molecule has 1 atom stereocenters. The van der Waals surface area contributed by atoms with E-state index in [0.29, 0.717) is 35.8 Å². The molecular weight excluding hydrogens is 432 g/mol. The molecule has 1 N–H and O–H groups in total. The molecule has 2 aromatic rings. The predicted octanol–water partition coefficient (Wildman–Crippen LogP) is 4.50. The number of carbonyl (C=O) groups excluding carboxylic acids is 1. The molecule has 0 unspecified atom stereocenters. The van der Waals surface area contributed by atoms with Gasteiger partial charge in [-0.05, 0) is 79.5 Å². The van der Waals surface area contributed by atoms with Crippen molar-refractivity contribution in [2.24, 2.45) is 5.92 Å². The zero-order valence-corrected chi connectivity index (χ0v) is 19.4. The normalized spacial score (nSPS) is 18.5. The van der Waals surface area contributed by atoms with E-state index in [1.807, 2.05) is 43.3 Å². The summed E-state index contributed by atoms with van der Waals surface area (Å²) in [5, 5.41) is 3.80. The zero-order chi connectivity index (χ0) is 22.0. The van der Waals surface area contributed by atoms with Crippen LogP contribution in [0.5, 0.6) is 0 Å². The predicted molar refractivity (Wildman–Crippen MR) is 123 cm³/mol. The van der Waals surface area contributed by atoms with Gasteiger partial charge in [0.2, 0.25) is 15.9 Å². The minimum Gasteiger partial charge on any atom is -0.349 e. The number of hydrogen-bond acceptors (Lipinski definition) is 3. The number of benzene rings is 2. The highest BCUT2D eigenvalue weighted by Gasteiger charge is 2.33. The molecule has 0 radical (unpaired) electrons. The van der Waals surface area contributed by atoms with Crippen LogP contribution >= 0.6 is 11.6 Å². The largest absolute Gasteiger partial charge is 0.349 e. The Morgan fingerprint density at radius 3 is 2.45 bits per heavy atom. The number of nitrogens with one attached hydrogen (secondary N) is 1. The van der Waals surface area contributed by atoms with Crippen LogP contribution in [0.3, 0.4) is 0 Å². The third-order valence-electron chi connectivity index (χ3n) is 6.53. The van der Waals surface area contributed by atoms with Crippen molar-refractivity contribution < 1.29 is 13.2 Å². The van der Waals surface area contributed by atoms with E-state index in [2.05, 4.69) is 5.32 Å². The standard InChI is InChI=1S/C24H29ClN2O3S/c1-2-23(18-6-9-21(25)10-7-18)26-24(28)19-12-14-27(15-13-19)31(29,30)22-11-8-17-4-3-5-20(17)16-22/h6-11,16,19,23H,2-5,12-15H2,1H3,(H,26,28)/t23-/m0/s1. The molecule has 31 heavy (non-hydrogen) atoms. The van der Waals surface area contributed by atoms with Gasteiger partial charge in [-0.2, -0.15) is 4.31 Å². The Bertz CT molecular complexity index is 1040. The fourth-order valence-corrected chi connectivity index (χ4v) is 6.27. The van der Waals surface area contributed by atoms with Crippen LogP contribution in [-0.2, 0) is 27.7 Å². The van der Waals surface area contributed by atoms with Gasteiger partial charge in [0.05, 0.1) is 10.9 Å². The number of rotatable bonds is 6. The van der Waals surface area contributed by atoms with Crippen molar-refractivity contribution in [2.45, 2.75) is 56.4 Å². The topological polar surface area (TPSA) is 66.5 Å². The first-order valence-electron chi connectivity index (χ1n) is 11.1. The summed E-state index contributed by atoms with van der Waals surface area (Å²) in [5.74, 6) is -0.177. The lowest BCUT2D eigenvalue weighted by Crippen LogP contribution is -2.43. The third kappa shape index (κ3) is 4.81. The molecule has 2 aliphatic rings. The van der Waals surface area contributed by atoms with E-state index >= 15 is 0 Å². The summed E-state index contributed by atoms with van der Waals surface area (Å²) in [7, 11) is -3.52. The maximum atomic E-state index is 13.1. The Morgan fingerprint density at radius 2 is 1.77 bits per heavy atom. The highest BCUT2D eigenvalue weighted by Crippen LogP contribution is 2.29. The lowest BCUT2D eigenvalue weighted by atomic mass is 9.96. The van der Waals surface area contributed by atoms with E-state index in [4.69, 9.17) is 11.6 Å². The fraction of sp³-hybridized carbons (Fsp3) is 0.458. The van der Waals surface area contributed by atoms with Gasteiger partial charge in [-0.15, -0.1) is 0 Å². The van der Waals surface area contributed by atoms with Crippen molar-refractivity contribution >= 4 is 27.5 Å². The molecule has 1 heterocycles. The van der Waals surface area contributed by atoms with Gasteiger partial charge in [0, 0.05) is 24.0 Å². The molecule has 2 aromatic carbocycles. The lowest BCUT2D eigenvalue weighted by molar-refractivity contribution is -0.126. The molecule has 4 rings (SSSR count). The number of hydrogen-bond donors (Lipinski definition) is 1. The summed E-state index contributed by atoms with van der Waals surface area (Å²) in [6.07, 6.45) is 4.92. The Kier molecular flexibility index (Phi) is 6.70. The maximum absolute atomic E-state index is 13.1. The zero-order valence-electron chi connectivity index (χ0n) is 17.8. The molecular formula is C24H29ClN2O3S. The van der Waals surface area contributed by atoms with Crippen LogP contribution in [0.2, 0.25) is 5.02 Å². The third-order valence-corrected chi connectivity index (χ3v) is 8.68. The quantitative estimate of drug-likeness (QED) is 0.690. The number of fused-ring (bicyclic) bond motifs is 1. The number of amides is 1. The van der Waals surface area contributed by atoms with Crippen molar-refractivity contribution in [3.8, 4) is 0 Å². The first-order valence-corrected chi connectivity index (χ1v) is 12.9. The first-order chi connectivity index (χ1) is 14.9. The SMILES string of the molecule is CC[C@H](NC(=O)C1CCN(S(=O)(=O)c2ccc3c(c2)CCC3)CC1)c1ccc(Cl)cc1. The van der Waals surface area contributed by atoms with Gasteiger partial charge in [0.15, 0.2) is 0 Å². The maximum Gasteiger partial charge on any atom is 0.243 e. The molecule has 1 aliphatic carbocycles. The highest BCUT2D eigenvalue weighted by atomic mass is 35.5. The molecule has 0 bridgehead atoms. The average molecular weight is 461 g/mol. The first kappa shape index (κ1) is 22.3. The van der Waals surface area contributed by atoms with Crippen LogP contribution in [0.15, 0.2) is 47.4 Å². The van der Waals surface area contributed by atoms with Crippen LogP contribution in [0.25, 0.3) is 0 Å². The highest BCUT2D eigenvalue weighted by molar-refractivity contribution is 7.89. The average Bonchev–Trinajstić information content (AvgIpc) is 3.26. The Labute approximate surface area is 189 Å². The molecule has 0 spiro atoms. The molecule has 7 heteroatoms. The van der Waals surface area contributed by atoms with Gasteiger partial charge in [-0.1, -0.05) is 36.7 Å². The van der Waals surface area contributed by atoms with Gasteiger partial charge in [-0.25, -0.2) is 8.42 Å². The summed E-state index contributed by atoms with van der Waals surface area (Å²) in [6.45, 7) is 2.77. The Balaban J connectivity index is 1.37. The van der Waals surface area contributed by atoms with Gasteiger partial charge < -0.3 is 5.32 Å². The molecule has 5 nitrogen and oxygen atoms in total. The van der Waals surface area contributed by atoms with Crippen LogP contribution in [0.4, 0.5) is 0 Å². The van der Waals surface area contributed by atoms with Crippen molar-refractivity contribution in [3.05, 3.63) is 64.2 Å². The second kappa shape index (κ2) is 9.31. The van der Waals surface area contributed by atoms with E-state index < -0.39 is 10.0 Å². The van der Waals surface area contributed by atoms with Crippen LogP contribution < -0.4 is 5.32 Å². The molecule has 0 aromatic heterocycles. The molecule has 0 saturated carbocycles. The second-order valence-electron chi connectivity index (χ2n) is 8.48. The number of halogens is 1. The second-order valence-corrected chi connectivity index (χ2v) is 10.9. The van der Waals surface area contributed by atoms with Gasteiger partial charge in [-0.3, -0.25) is 4.79 Å². The Morgan fingerprint density at radius 1 is 1.10 bits per heavy atom. The fourth-order valence-electron chi connectivity index (χ4n) is 4.62. The lowest BCUT2D eigenvalue weighted by Gasteiger charge is -2.31. The smallest absolute Gasteiger partial charge is 0.243 e. The number of carbonyl (C=O) groups is 1. The van der Waals surface area contributed by atoms with Crippen molar-refractivity contribution in [1.82, 2.24) is 9.62 Å². The summed E-state index contributed by atoms with van der Waals surface area (Å²) >= 11 is 5.97. The minimum absolute atomic E-state index is 0.00335. The molecule has 1 amide bonds. The molecule has 1 saturated heterocycles. The number of aryl methyl sites for hydroxylation is 2. The summed E-state index contributed by atoms with van der Waals surface area (Å²) < 4.78 is 27.8. The molecule has 1 fully saturated rings. The number of sulfonamides is 1. The van der Waals surface area contributed by atoms with Gasteiger partial charge in [0.1, 0.15) is 0 Å². The number of nitrogens with zero attached hydrogens (tertiary/aromatic N) is 1. The monoisotopic (exact) mass is 460 g/mol. The number of piperidine rings is 1. The summed E-state index contributed by atoms with van der Waals surface area (Å²) in [6, 6.07) is 13.0. The van der Waals surface area contributed by atoms with Gasteiger partial charge >= 0.3 is 0 Å². The molecule has 1 aliphatic heterocycles. The van der Waals surface area contributed by atoms with Crippen molar-refractivity contribution in [2.75, 3.05) is 13.1 Å². The summed E-state index contributed by atoms with van der Waals surface area (Å²) in [5.41, 5.74) is 3.44. The molecule has 166 valence electrons. The van der Waals surface area contributed by atoms with Crippen LogP contribution in [0, 0.1) is 5.92 Å². The van der Waals surface area contributed by atoms with Crippen LogP contribution in [-0.4, -0.2) is 31.7 Å².